The van der Waals surface area contributed by atoms with Crippen LogP contribution in [-0.2, 0) is 7.05 Å². The van der Waals surface area contributed by atoms with Gasteiger partial charge in [0.1, 0.15) is 31.7 Å². The maximum atomic E-state index is 12.6. The number of nitrogens with zero attached hydrogens (tertiary/aromatic N) is 2. The number of rotatable bonds is 3. The zero-order chi connectivity index (χ0) is 15.7. The highest BCUT2D eigenvalue weighted by atomic mass is 16.1. The fraction of sp³-hybridized carbons (Fsp3) is 0.529. The minimum absolute atomic E-state index is 0.0649. The molecule has 3 atom stereocenters. The van der Waals surface area contributed by atoms with E-state index in [1.54, 1.807) is 9.47 Å². The topological polar surface area (TPSA) is 55.9 Å². The molecule has 2 heterocycles. The summed E-state index contributed by atoms with van der Waals surface area (Å²) in [5.74, 6) is 0.926. The van der Waals surface area contributed by atoms with Gasteiger partial charge in [-0.25, -0.2) is 4.98 Å². The molecule has 0 amide bonds. The Hall–Kier alpha value is -1.72. The Bertz CT molecular complexity index is 724. The maximum absolute atomic E-state index is 12.6. The summed E-state index contributed by atoms with van der Waals surface area (Å²) in [5, 5.41) is 3.11. The van der Waals surface area contributed by atoms with Crippen molar-refractivity contribution in [1.29, 1.82) is 0 Å². The first-order valence-corrected chi connectivity index (χ1v) is 8.25. The molecule has 1 saturated heterocycles. The van der Waals surface area contributed by atoms with E-state index < -0.39 is 0 Å². The van der Waals surface area contributed by atoms with Crippen molar-refractivity contribution in [3.8, 4) is 0 Å². The van der Waals surface area contributed by atoms with Crippen LogP contribution in [0.1, 0.15) is 32.1 Å². The zero-order valence-corrected chi connectivity index (χ0v) is 13.7. The highest BCUT2D eigenvalue weighted by Gasteiger charge is 2.32. The molecule has 1 fully saturated rings. The fourth-order valence-electron chi connectivity index (χ4n) is 3.67. The number of benzene rings is 1. The lowest BCUT2D eigenvalue weighted by Crippen LogP contribution is -3.22. The summed E-state index contributed by atoms with van der Waals surface area (Å²) in [5.41, 5.74) is 0.880. The predicted octanol–water partition coefficient (Wildman–Crippen LogP) is -0.765. The monoisotopic (exact) mass is 302 g/mol. The number of hydrogen-bond donors (Lipinski definition) is 2. The largest absolute Gasteiger partial charge is 0.335 e. The first-order valence-electron chi connectivity index (χ1n) is 8.25. The van der Waals surface area contributed by atoms with Gasteiger partial charge in [-0.1, -0.05) is 19.1 Å². The number of aromatic nitrogens is 2. The molecule has 0 radical (unpaired) electrons. The fourth-order valence-corrected chi connectivity index (χ4v) is 3.67. The van der Waals surface area contributed by atoms with Gasteiger partial charge in [0.15, 0.2) is 5.82 Å². The van der Waals surface area contributed by atoms with Gasteiger partial charge < -0.3 is 10.2 Å². The van der Waals surface area contributed by atoms with Gasteiger partial charge in [0, 0.05) is 13.5 Å². The zero-order valence-electron chi connectivity index (χ0n) is 13.7. The van der Waals surface area contributed by atoms with Crippen LogP contribution in [0.25, 0.3) is 10.9 Å². The molecule has 3 N–H and O–H groups in total. The van der Waals surface area contributed by atoms with E-state index in [0.29, 0.717) is 17.5 Å². The summed E-state index contributed by atoms with van der Waals surface area (Å²) in [4.78, 5) is 19.0. The van der Waals surface area contributed by atoms with Gasteiger partial charge in [-0.05, 0) is 19.1 Å². The van der Waals surface area contributed by atoms with Gasteiger partial charge in [-0.3, -0.25) is 9.36 Å². The molecular weight excluding hydrogens is 276 g/mol. The van der Waals surface area contributed by atoms with Crippen LogP contribution in [0.4, 0.5) is 0 Å². The van der Waals surface area contributed by atoms with E-state index in [4.69, 9.17) is 4.98 Å². The summed E-state index contributed by atoms with van der Waals surface area (Å²) in [7, 11) is 1.86. The summed E-state index contributed by atoms with van der Waals surface area (Å²) in [6.07, 6.45) is 1.00. The van der Waals surface area contributed by atoms with Crippen LogP contribution in [0.2, 0.25) is 0 Å². The molecule has 1 aliphatic rings. The molecule has 0 saturated carbocycles. The summed E-state index contributed by atoms with van der Waals surface area (Å²) >= 11 is 0. The third-order valence-corrected chi connectivity index (χ3v) is 4.85. The van der Waals surface area contributed by atoms with E-state index in [-0.39, 0.29) is 5.56 Å². The second-order valence-electron chi connectivity index (χ2n) is 6.43. The molecule has 0 spiro atoms. The maximum Gasteiger partial charge on any atom is 0.261 e. The van der Waals surface area contributed by atoms with Gasteiger partial charge >= 0.3 is 0 Å². The highest BCUT2D eigenvalue weighted by Crippen LogP contribution is 2.13. The van der Waals surface area contributed by atoms with Crippen molar-refractivity contribution in [1.82, 2.24) is 9.55 Å². The predicted molar refractivity (Wildman–Crippen MR) is 87.0 cm³/mol. The first kappa shape index (κ1) is 15.2. The SMILES string of the molecule is CC[C@@H](c1nc2ccccc2c(=O)n1C)[NH+]1CC[NH2+][C@H](C)C1. The minimum Gasteiger partial charge on any atom is -0.335 e. The van der Waals surface area contributed by atoms with Gasteiger partial charge in [0.05, 0.1) is 10.9 Å². The van der Waals surface area contributed by atoms with Gasteiger partial charge in [0.2, 0.25) is 0 Å². The van der Waals surface area contributed by atoms with E-state index in [0.717, 1.165) is 37.4 Å². The molecule has 3 rings (SSSR count). The highest BCUT2D eigenvalue weighted by molar-refractivity contribution is 5.77. The third-order valence-electron chi connectivity index (χ3n) is 4.85. The minimum atomic E-state index is 0.0649. The lowest BCUT2D eigenvalue weighted by atomic mass is 10.1. The van der Waals surface area contributed by atoms with Gasteiger partial charge in [-0.15, -0.1) is 0 Å². The van der Waals surface area contributed by atoms with Crippen molar-refractivity contribution in [2.45, 2.75) is 32.4 Å². The number of fused-ring (bicyclic) bond motifs is 1. The average molecular weight is 302 g/mol. The number of hydrogen-bond acceptors (Lipinski definition) is 2. The quantitative estimate of drug-likeness (QED) is 0.783. The average Bonchev–Trinajstić information content (AvgIpc) is 2.53. The molecule has 1 aromatic heterocycles. The van der Waals surface area contributed by atoms with Crippen LogP contribution >= 0.6 is 0 Å². The van der Waals surface area contributed by atoms with E-state index >= 15 is 0 Å². The van der Waals surface area contributed by atoms with E-state index in [9.17, 15) is 4.79 Å². The molecule has 0 bridgehead atoms. The Morgan fingerprint density at radius 3 is 2.95 bits per heavy atom. The molecular formula is C17H26N4O+2. The molecule has 1 unspecified atom stereocenters. The van der Waals surface area contributed by atoms with Crippen molar-refractivity contribution >= 4 is 10.9 Å². The Kier molecular flexibility index (Phi) is 4.27. The van der Waals surface area contributed by atoms with Crippen LogP contribution in [0.15, 0.2) is 29.1 Å². The normalized spacial score (nSPS) is 23.6. The molecule has 0 aliphatic carbocycles. The Morgan fingerprint density at radius 2 is 2.23 bits per heavy atom. The van der Waals surface area contributed by atoms with Crippen molar-refractivity contribution in [2.24, 2.45) is 7.05 Å². The van der Waals surface area contributed by atoms with Crippen LogP contribution in [0.5, 0.6) is 0 Å². The number of quaternary nitrogens is 2. The van der Waals surface area contributed by atoms with Crippen LogP contribution < -0.4 is 15.8 Å². The van der Waals surface area contributed by atoms with E-state index in [1.165, 1.54) is 0 Å². The van der Waals surface area contributed by atoms with Crippen molar-refractivity contribution in [2.75, 3.05) is 19.6 Å². The molecule has 1 aromatic carbocycles. The van der Waals surface area contributed by atoms with Gasteiger partial charge in [-0.2, -0.15) is 0 Å². The first-order chi connectivity index (χ1) is 10.6. The molecule has 22 heavy (non-hydrogen) atoms. The molecule has 118 valence electrons. The lowest BCUT2D eigenvalue weighted by molar-refractivity contribution is -0.981. The molecule has 5 heteroatoms. The van der Waals surface area contributed by atoms with Crippen molar-refractivity contribution in [3.05, 3.63) is 40.4 Å². The number of nitrogens with two attached hydrogens (primary N) is 1. The third kappa shape index (κ3) is 2.66. The molecule has 5 nitrogen and oxygen atoms in total. The second kappa shape index (κ2) is 6.18. The Morgan fingerprint density at radius 1 is 1.45 bits per heavy atom. The number of piperazine rings is 1. The van der Waals surface area contributed by atoms with Crippen molar-refractivity contribution in [3.63, 3.8) is 0 Å². The molecule has 2 aromatic rings. The number of nitrogens with one attached hydrogen (secondary N) is 1. The number of para-hydroxylation sites is 1. The summed E-state index contributed by atoms with van der Waals surface area (Å²) in [6.45, 7) is 7.88. The van der Waals surface area contributed by atoms with Crippen LogP contribution in [-0.4, -0.2) is 35.2 Å². The van der Waals surface area contributed by atoms with Crippen LogP contribution in [0.3, 0.4) is 0 Å². The molecule has 1 aliphatic heterocycles. The van der Waals surface area contributed by atoms with E-state index in [1.807, 2.05) is 31.3 Å². The van der Waals surface area contributed by atoms with Crippen molar-refractivity contribution < 1.29 is 10.2 Å². The Labute approximate surface area is 131 Å². The smallest absolute Gasteiger partial charge is 0.261 e. The summed E-state index contributed by atoms with van der Waals surface area (Å²) in [6, 6.07) is 8.57. The lowest BCUT2D eigenvalue weighted by Gasteiger charge is -2.32. The van der Waals surface area contributed by atoms with Crippen LogP contribution in [0, 0.1) is 0 Å². The summed E-state index contributed by atoms with van der Waals surface area (Å²) < 4.78 is 1.76. The van der Waals surface area contributed by atoms with E-state index in [2.05, 4.69) is 19.2 Å². The van der Waals surface area contributed by atoms with Gasteiger partial charge in [0.25, 0.3) is 5.56 Å². The Balaban J connectivity index is 2.07. The standard InChI is InChI=1S/C17H24N4O/c1-4-15(21-10-9-18-12(2)11-21)16-19-14-8-6-5-7-13(14)17(22)20(16)3/h5-8,12,15,18H,4,9-11H2,1-3H3/p+2/t12-,15+/m1/s1. The second-order valence-corrected chi connectivity index (χ2v) is 6.43.